The van der Waals surface area contributed by atoms with Crippen LogP contribution in [0.2, 0.25) is 0 Å². The van der Waals surface area contributed by atoms with Crippen LogP contribution >= 0.6 is 0 Å². The van der Waals surface area contributed by atoms with E-state index in [2.05, 4.69) is 41.5 Å². The van der Waals surface area contributed by atoms with Crippen molar-refractivity contribution < 1.29 is 9.53 Å². The maximum Gasteiger partial charge on any atom is 0.262 e. The zero-order valence-corrected chi connectivity index (χ0v) is 18.8. The van der Waals surface area contributed by atoms with Gasteiger partial charge in [-0.05, 0) is 49.0 Å². The number of carbonyl (C=O) groups is 1. The Labute approximate surface area is 185 Å². The van der Waals surface area contributed by atoms with Crippen LogP contribution < -0.4 is 15.4 Å². The number of nitrogens with one attached hydrogen (secondary N) is 2. The molecule has 2 N–H and O–H groups in total. The molecule has 0 aliphatic rings. The topological polar surface area (TPSA) is 53.6 Å². The molecule has 3 aromatic rings. The first-order valence-electron chi connectivity index (χ1n) is 11.0. The fourth-order valence-corrected chi connectivity index (χ4v) is 3.60. The summed E-state index contributed by atoms with van der Waals surface area (Å²) < 4.78 is 5.96. The van der Waals surface area contributed by atoms with Crippen molar-refractivity contribution in [3.63, 3.8) is 0 Å². The highest BCUT2D eigenvalue weighted by Gasteiger charge is 2.11. The van der Waals surface area contributed by atoms with Crippen molar-refractivity contribution in [1.82, 2.24) is 10.2 Å². The zero-order chi connectivity index (χ0) is 22.1. The van der Waals surface area contributed by atoms with Crippen LogP contribution in [-0.2, 0) is 11.3 Å². The Morgan fingerprint density at radius 3 is 2.45 bits per heavy atom. The van der Waals surface area contributed by atoms with Crippen LogP contribution in [0.4, 0.5) is 5.69 Å². The lowest BCUT2D eigenvalue weighted by molar-refractivity contribution is -0.118. The number of amides is 1. The molecule has 0 bridgehead atoms. The first-order valence-corrected chi connectivity index (χ1v) is 11.0. The van der Waals surface area contributed by atoms with Gasteiger partial charge < -0.3 is 20.3 Å². The Bertz CT molecular complexity index is 982. The normalized spacial score (nSPS) is 11.1. The Hall–Kier alpha value is -2.89. The molecular weight excluding hydrogens is 386 g/mol. The molecule has 5 heteroatoms. The second kappa shape index (κ2) is 11.5. The Balaban J connectivity index is 1.66. The van der Waals surface area contributed by atoms with E-state index >= 15 is 0 Å². The first kappa shape index (κ1) is 22.8. The van der Waals surface area contributed by atoms with Gasteiger partial charge in [-0.3, -0.25) is 4.79 Å². The third kappa shape index (κ3) is 6.54. The predicted octanol–water partition coefficient (Wildman–Crippen LogP) is 4.60. The minimum Gasteiger partial charge on any atom is -0.483 e. The summed E-state index contributed by atoms with van der Waals surface area (Å²) in [7, 11) is 0. The highest BCUT2D eigenvalue weighted by Crippen LogP contribution is 2.28. The number of nitrogens with zero attached hydrogens (tertiary/aromatic N) is 1. The van der Waals surface area contributed by atoms with E-state index in [-0.39, 0.29) is 12.5 Å². The molecule has 164 valence electrons. The van der Waals surface area contributed by atoms with Crippen LogP contribution in [0.25, 0.3) is 10.8 Å². The van der Waals surface area contributed by atoms with Crippen molar-refractivity contribution >= 4 is 22.4 Å². The monoisotopic (exact) mass is 419 g/mol. The number of hydrogen-bond donors (Lipinski definition) is 2. The van der Waals surface area contributed by atoms with Gasteiger partial charge in [0.2, 0.25) is 0 Å². The molecule has 5 nitrogen and oxygen atoms in total. The number of aryl methyl sites for hydroxylation is 1. The summed E-state index contributed by atoms with van der Waals surface area (Å²) in [5, 5.41) is 8.75. The van der Waals surface area contributed by atoms with Crippen molar-refractivity contribution in [2.75, 3.05) is 38.1 Å². The maximum atomic E-state index is 12.4. The quantitative estimate of drug-likeness (QED) is 0.446. The fourth-order valence-electron chi connectivity index (χ4n) is 3.60. The molecule has 31 heavy (non-hydrogen) atoms. The molecule has 0 atom stereocenters. The summed E-state index contributed by atoms with van der Waals surface area (Å²) in [6, 6.07) is 20.0. The molecule has 1 amide bonds. The SMILES string of the molecule is CCN(CC)CCNCc1c(OCC(=O)Nc2ccc(C)cc2)ccc2ccccc12. The van der Waals surface area contributed by atoms with Crippen molar-refractivity contribution in [2.45, 2.75) is 27.3 Å². The second-order valence-corrected chi connectivity index (χ2v) is 7.67. The lowest BCUT2D eigenvalue weighted by Crippen LogP contribution is -2.31. The third-order valence-electron chi connectivity index (χ3n) is 5.49. The predicted molar refractivity (Wildman–Crippen MR) is 129 cm³/mol. The Morgan fingerprint density at radius 2 is 1.71 bits per heavy atom. The summed E-state index contributed by atoms with van der Waals surface area (Å²) in [5.74, 6) is 0.575. The average Bonchev–Trinajstić information content (AvgIpc) is 2.79. The van der Waals surface area contributed by atoms with Crippen LogP contribution in [-0.4, -0.2) is 43.6 Å². The molecule has 0 aliphatic heterocycles. The lowest BCUT2D eigenvalue weighted by Gasteiger charge is -2.19. The number of benzene rings is 3. The van der Waals surface area contributed by atoms with E-state index in [1.807, 2.05) is 55.5 Å². The van der Waals surface area contributed by atoms with Gasteiger partial charge in [0.25, 0.3) is 5.91 Å². The van der Waals surface area contributed by atoms with Crippen molar-refractivity contribution in [2.24, 2.45) is 0 Å². The molecular formula is C26H33N3O2. The summed E-state index contributed by atoms with van der Waals surface area (Å²) in [6.45, 7) is 11.1. The van der Waals surface area contributed by atoms with E-state index in [0.717, 1.165) is 54.1 Å². The van der Waals surface area contributed by atoms with Gasteiger partial charge in [0.05, 0.1) is 0 Å². The summed E-state index contributed by atoms with van der Waals surface area (Å²) in [6.07, 6.45) is 0. The van der Waals surface area contributed by atoms with Gasteiger partial charge in [-0.25, -0.2) is 0 Å². The minimum absolute atomic E-state index is 0.0291. The van der Waals surface area contributed by atoms with Gasteiger partial charge in [-0.2, -0.15) is 0 Å². The fraction of sp³-hybridized carbons (Fsp3) is 0.346. The first-order chi connectivity index (χ1) is 15.1. The summed E-state index contributed by atoms with van der Waals surface area (Å²) in [5.41, 5.74) is 3.01. The minimum atomic E-state index is -0.169. The number of fused-ring (bicyclic) bond motifs is 1. The Kier molecular flexibility index (Phi) is 8.44. The molecule has 0 fully saturated rings. The number of hydrogen-bond acceptors (Lipinski definition) is 4. The number of ether oxygens (including phenoxy) is 1. The largest absolute Gasteiger partial charge is 0.483 e. The second-order valence-electron chi connectivity index (χ2n) is 7.67. The summed E-state index contributed by atoms with van der Waals surface area (Å²) in [4.78, 5) is 14.8. The zero-order valence-electron chi connectivity index (χ0n) is 18.8. The number of anilines is 1. The summed E-state index contributed by atoms with van der Waals surface area (Å²) >= 11 is 0. The molecule has 3 aromatic carbocycles. The van der Waals surface area contributed by atoms with E-state index in [0.29, 0.717) is 6.54 Å². The van der Waals surface area contributed by atoms with E-state index in [1.54, 1.807) is 0 Å². The third-order valence-corrected chi connectivity index (χ3v) is 5.49. The van der Waals surface area contributed by atoms with Crippen LogP contribution in [0.5, 0.6) is 5.75 Å². The highest BCUT2D eigenvalue weighted by atomic mass is 16.5. The molecule has 0 saturated carbocycles. The van der Waals surface area contributed by atoms with Gasteiger partial charge in [-0.1, -0.05) is 61.9 Å². The van der Waals surface area contributed by atoms with Crippen LogP contribution in [0.3, 0.4) is 0 Å². The van der Waals surface area contributed by atoms with Gasteiger partial charge in [0.1, 0.15) is 5.75 Å². The number of carbonyl (C=O) groups excluding carboxylic acids is 1. The van der Waals surface area contributed by atoms with Crippen molar-refractivity contribution in [3.05, 3.63) is 71.8 Å². The van der Waals surface area contributed by atoms with E-state index in [1.165, 1.54) is 5.39 Å². The van der Waals surface area contributed by atoms with Gasteiger partial charge in [-0.15, -0.1) is 0 Å². The Morgan fingerprint density at radius 1 is 0.968 bits per heavy atom. The van der Waals surface area contributed by atoms with Crippen molar-refractivity contribution in [3.8, 4) is 5.75 Å². The van der Waals surface area contributed by atoms with E-state index < -0.39 is 0 Å². The molecule has 3 rings (SSSR count). The van der Waals surface area contributed by atoms with E-state index in [4.69, 9.17) is 4.74 Å². The molecule has 0 aliphatic carbocycles. The van der Waals surface area contributed by atoms with Gasteiger partial charge in [0, 0.05) is 30.9 Å². The average molecular weight is 420 g/mol. The molecule has 0 spiro atoms. The number of rotatable bonds is 11. The standard InChI is InChI=1S/C26H33N3O2/c1-4-29(5-2)17-16-27-18-24-23-9-7-6-8-21(23)12-15-25(24)31-19-26(30)28-22-13-10-20(3)11-14-22/h6-15,27H,4-5,16-19H2,1-3H3,(H,28,30). The van der Waals surface area contributed by atoms with E-state index in [9.17, 15) is 4.79 Å². The lowest BCUT2D eigenvalue weighted by atomic mass is 10.0. The van der Waals surface area contributed by atoms with Crippen LogP contribution in [0, 0.1) is 6.92 Å². The molecule has 0 heterocycles. The molecule has 0 unspecified atom stereocenters. The van der Waals surface area contributed by atoms with Crippen LogP contribution in [0.1, 0.15) is 25.0 Å². The van der Waals surface area contributed by atoms with Crippen LogP contribution in [0.15, 0.2) is 60.7 Å². The molecule has 0 saturated heterocycles. The van der Waals surface area contributed by atoms with Gasteiger partial charge >= 0.3 is 0 Å². The number of likely N-dealkylation sites (N-methyl/N-ethyl adjacent to an activating group) is 1. The molecule has 0 aromatic heterocycles. The highest BCUT2D eigenvalue weighted by molar-refractivity contribution is 5.92. The maximum absolute atomic E-state index is 12.4. The van der Waals surface area contributed by atoms with Gasteiger partial charge in [0.15, 0.2) is 6.61 Å². The smallest absolute Gasteiger partial charge is 0.262 e. The van der Waals surface area contributed by atoms with Crippen molar-refractivity contribution in [1.29, 1.82) is 0 Å². The molecule has 0 radical (unpaired) electrons.